The summed E-state index contributed by atoms with van der Waals surface area (Å²) in [7, 11) is 3.21. The van der Waals surface area contributed by atoms with Gasteiger partial charge in [0.25, 0.3) is 11.6 Å². The Kier molecular flexibility index (Phi) is 3.89. The van der Waals surface area contributed by atoms with Crippen molar-refractivity contribution in [2.75, 3.05) is 19.4 Å². The van der Waals surface area contributed by atoms with E-state index in [1.807, 2.05) is 0 Å². The van der Waals surface area contributed by atoms with Crippen molar-refractivity contribution in [2.24, 2.45) is 5.73 Å². The number of nitrogens with two attached hydrogens (primary N) is 1. The van der Waals surface area contributed by atoms with Gasteiger partial charge in [0.2, 0.25) is 0 Å². The molecule has 1 saturated carbocycles. The summed E-state index contributed by atoms with van der Waals surface area (Å²) in [6, 6.07) is 4.82. The van der Waals surface area contributed by atoms with Crippen LogP contribution in [0.15, 0.2) is 18.2 Å². The van der Waals surface area contributed by atoms with Crippen molar-refractivity contribution in [1.29, 1.82) is 0 Å². The third-order valence-corrected chi connectivity index (χ3v) is 3.38. The fourth-order valence-electron chi connectivity index (χ4n) is 2.20. The number of nitrogens with one attached hydrogen (secondary N) is 1. The minimum atomic E-state index is -0.479. The average Bonchev–Trinajstić information content (AvgIpc) is 2.36. The number of carbonyl (C=O) groups is 1. The lowest BCUT2D eigenvalue weighted by Gasteiger charge is -2.33. The molecular weight excluding hydrogens is 260 g/mol. The van der Waals surface area contributed by atoms with Crippen molar-refractivity contribution in [3.05, 3.63) is 33.9 Å². The molecule has 0 aliphatic heterocycles. The number of nitrogens with zero attached hydrogens (tertiary/aromatic N) is 2. The molecule has 1 aromatic rings. The molecule has 0 saturated heterocycles. The predicted molar refractivity (Wildman–Crippen MR) is 75.7 cm³/mol. The van der Waals surface area contributed by atoms with E-state index in [0.29, 0.717) is 11.3 Å². The minimum Gasteiger partial charge on any atom is -0.377 e. The van der Waals surface area contributed by atoms with Gasteiger partial charge in [0.1, 0.15) is 5.69 Å². The third-order valence-electron chi connectivity index (χ3n) is 3.38. The van der Waals surface area contributed by atoms with Crippen LogP contribution in [0.4, 0.5) is 11.4 Å². The fraction of sp³-hybridized carbons (Fsp3) is 0.462. The number of rotatable bonds is 4. The zero-order valence-corrected chi connectivity index (χ0v) is 11.5. The molecule has 1 aliphatic carbocycles. The second kappa shape index (κ2) is 5.46. The molecule has 0 unspecified atom stereocenters. The van der Waals surface area contributed by atoms with E-state index in [1.54, 1.807) is 26.2 Å². The highest BCUT2D eigenvalue weighted by Gasteiger charge is 2.28. The molecule has 0 spiro atoms. The van der Waals surface area contributed by atoms with Gasteiger partial charge in [-0.05, 0) is 25.0 Å². The summed E-state index contributed by atoms with van der Waals surface area (Å²) in [5.41, 5.74) is 6.34. The summed E-state index contributed by atoms with van der Waals surface area (Å²) in [5, 5.41) is 14.2. The molecule has 0 aromatic heterocycles. The number of hydrogen-bond donors (Lipinski definition) is 2. The van der Waals surface area contributed by atoms with Crippen molar-refractivity contribution in [3.8, 4) is 0 Å². The highest BCUT2D eigenvalue weighted by molar-refractivity contribution is 5.95. The van der Waals surface area contributed by atoms with Gasteiger partial charge in [-0.25, -0.2) is 0 Å². The maximum Gasteiger partial charge on any atom is 0.293 e. The Labute approximate surface area is 116 Å². The van der Waals surface area contributed by atoms with Crippen molar-refractivity contribution < 1.29 is 9.72 Å². The molecule has 7 nitrogen and oxygen atoms in total. The molecular formula is C13H18N4O3. The Bertz CT molecular complexity index is 538. The number of nitro groups is 1. The normalized spacial score (nSPS) is 20.9. The molecule has 1 aromatic carbocycles. The van der Waals surface area contributed by atoms with Gasteiger partial charge < -0.3 is 16.0 Å². The van der Waals surface area contributed by atoms with Crippen LogP contribution in [0.1, 0.15) is 23.2 Å². The van der Waals surface area contributed by atoms with Crippen LogP contribution in [-0.2, 0) is 0 Å². The Morgan fingerprint density at radius 3 is 2.60 bits per heavy atom. The van der Waals surface area contributed by atoms with E-state index in [4.69, 9.17) is 5.73 Å². The van der Waals surface area contributed by atoms with E-state index >= 15 is 0 Å². The first-order valence-electron chi connectivity index (χ1n) is 6.40. The molecule has 2 rings (SSSR count). The van der Waals surface area contributed by atoms with Crippen LogP contribution < -0.4 is 11.1 Å². The zero-order chi connectivity index (χ0) is 14.9. The molecule has 7 heteroatoms. The van der Waals surface area contributed by atoms with Crippen LogP contribution in [0.3, 0.4) is 0 Å². The minimum absolute atomic E-state index is 0.0850. The Morgan fingerprint density at radius 1 is 1.45 bits per heavy atom. The average molecular weight is 278 g/mol. The zero-order valence-electron chi connectivity index (χ0n) is 11.5. The van der Waals surface area contributed by atoms with E-state index in [1.165, 1.54) is 11.0 Å². The lowest BCUT2D eigenvalue weighted by atomic mass is 9.87. The van der Waals surface area contributed by atoms with Crippen LogP contribution in [0.25, 0.3) is 0 Å². The third kappa shape index (κ3) is 2.88. The molecule has 108 valence electrons. The van der Waals surface area contributed by atoms with Crippen LogP contribution in [0.2, 0.25) is 0 Å². The molecule has 0 bridgehead atoms. The summed E-state index contributed by atoms with van der Waals surface area (Å²) >= 11 is 0. The monoisotopic (exact) mass is 278 g/mol. The second-order valence-corrected chi connectivity index (χ2v) is 5.26. The molecule has 0 heterocycles. The molecule has 1 fully saturated rings. The van der Waals surface area contributed by atoms with Crippen molar-refractivity contribution in [1.82, 2.24) is 4.90 Å². The topological polar surface area (TPSA) is 102 Å². The smallest absolute Gasteiger partial charge is 0.293 e. The van der Waals surface area contributed by atoms with Gasteiger partial charge in [0.15, 0.2) is 0 Å². The van der Waals surface area contributed by atoms with E-state index in [2.05, 4.69) is 5.32 Å². The van der Waals surface area contributed by atoms with E-state index in [-0.39, 0.29) is 23.7 Å². The SMILES string of the molecule is CN(C)C(=O)c1ccc(NC2CC(N)C2)c([N+](=O)[O-])c1. The largest absolute Gasteiger partial charge is 0.377 e. The number of nitro benzene ring substituents is 1. The highest BCUT2D eigenvalue weighted by Crippen LogP contribution is 2.30. The summed E-state index contributed by atoms with van der Waals surface area (Å²) in [6.07, 6.45) is 1.60. The number of anilines is 1. The summed E-state index contributed by atoms with van der Waals surface area (Å²) in [6.45, 7) is 0. The maximum atomic E-state index is 11.8. The fourth-order valence-corrected chi connectivity index (χ4v) is 2.20. The first kappa shape index (κ1) is 14.3. The van der Waals surface area contributed by atoms with Crippen LogP contribution >= 0.6 is 0 Å². The lowest BCUT2D eigenvalue weighted by molar-refractivity contribution is -0.384. The molecule has 1 aliphatic rings. The summed E-state index contributed by atoms with van der Waals surface area (Å²) < 4.78 is 0. The van der Waals surface area contributed by atoms with Gasteiger partial charge >= 0.3 is 0 Å². The summed E-state index contributed by atoms with van der Waals surface area (Å²) in [5.74, 6) is -0.259. The van der Waals surface area contributed by atoms with Gasteiger partial charge in [-0.2, -0.15) is 0 Å². The van der Waals surface area contributed by atoms with E-state index in [0.717, 1.165) is 12.8 Å². The number of hydrogen-bond acceptors (Lipinski definition) is 5. The van der Waals surface area contributed by atoms with Gasteiger partial charge in [-0.15, -0.1) is 0 Å². The first-order valence-corrected chi connectivity index (χ1v) is 6.40. The molecule has 3 N–H and O–H groups in total. The van der Waals surface area contributed by atoms with Crippen molar-refractivity contribution >= 4 is 17.3 Å². The first-order chi connectivity index (χ1) is 9.38. The van der Waals surface area contributed by atoms with Gasteiger partial charge in [-0.1, -0.05) is 0 Å². The molecule has 0 radical (unpaired) electrons. The van der Waals surface area contributed by atoms with Gasteiger partial charge in [-0.3, -0.25) is 14.9 Å². The van der Waals surface area contributed by atoms with Crippen LogP contribution in [0.5, 0.6) is 0 Å². The van der Waals surface area contributed by atoms with Gasteiger partial charge in [0.05, 0.1) is 4.92 Å². The van der Waals surface area contributed by atoms with Gasteiger partial charge in [0, 0.05) is 37.8 Å². The molecule has 20 heavy (non-hydrogen) atoms. The van der Waals surface area contributed by atoms with Crippen LogP contribution in [-0.4, -0.2) is 41.9 Å². The standard InChI is InChI=1S/C13H18N4O3/c1-16(2)13(18)8-3-4-11(12(5-8)17(19)20)15-10-6-9(14)7-10/h3-5,9-10,15H,6-7,14H2,1-2H3. The Morgan fingerprint density at radius 2 is 2.10 bits per heavy atom. The Hall–Kier alpha value is -2.15. The quantitative estimate of drug-likeness (QED) is 0.636. The molecule has 0 atom stereocenters. The second-order valence-electron chi connectivity index (χ2n) is 5.26. The van der Waals surface area contributed by atoms with Crippen molar-refractivity contribution in [3.63, 3.8) is 0 Å². The lowest BCUT2D eigenvalue weighted by Crippen LogP contribution is -2.44. The molecule has 1 amide bonds. The predicted octanol–water partition coefficient (Wildman–Crippen LogP) is 1.20. The van der Waals surface area contributed by atoms with Crippen molar-refractivity contribution in [2.45, 2.75) is 24.9 Å². The van der Waals surface area contributed by atoms with E-state index in [9.17, 15) is 14.9 Å². The highest BCUT2D eigenvalue weighted by atomic mass is 16.6. The maximum absolute atomic E-state index is 11.8. The van der Waals surface area contributed by atoms with Crippen LogP contribution in [0, 0.1) is 10.1 Å². The van der Waals surface area contributed by atoms with E-state index < -0.39 is 4.92 Å². The number of amides is 1. The number of carbonyl (C=O) groups excluding carboxylic acids is 1. The number of benzene rings is 1. The Balaban J connectivity index is 2.24. The summed E-state index contributed by atoms with van der Waals surface area (Å²) in [4.78, 5) is 23.9.